The normalized spacial score (nSPS) is 12.4. The molecule has 1 amide bonds. The van der Waals surface area contributed by atoms with Gasteiger partial charge in [-0.05, 0) is 18.9 Å². The Kier molecular flexibility index (Phi) is 4.75. The fourth-order valence-corrected chi connectivity index (χ4v) is 1.84. The summed E-state index contributed by atoms with van der Waals surface area (Å²) in [5.41, 5.74) is 3.25. The quantitative estimate of drug-likeness (QED) is 0.788. The smallest absolute Gasteiger partial charge is 0.269 e. The maximum atomic E-state index is 12.0. The molecule has 21 heavy (non-hydrogen) atoms. The van der Waals surface area contributed by atoms with Crippen LogP contribution in [-0.2, 0) is 0 Å². The van der Waals surface area contributed by atoms with E-state index in [-0.39, 0.29) is 18.4 Å². The monoisotopic (exact) mass is 287 g/mol. The van der Waals surface area contributed by atoms with Crippen LogP contribution in [0.5, 0.6) is 0 Å². The van der Waals surface area contributed by atoms with Crippen LogP contribution in [0.2, 0.25) is 0 Å². The van der Waals surface area contributed by atoms with Crippen LogP contribution < -0.4 is 5.32 Å². The lowest BCUT2D eigenvalue weighted by Crippen LogP contribution is -2.34. The minimum absolute atomic E-state index is 0.107. The summed E-state index contributed by atoms with van der Waals surface area (Å²) < 4.78 is 0. The van der Waals surface area contributed by atoms with Crippen molar-refractivity contribution in [3.8, 4) is 11.3 Å². The number of aromatic nitrogens is 2. The highest BCUT2D eigenvalue weighted by atomic mass is 16.3. The van der Waals surface area contributed by atoms with E-state index in [4.69, 9.17) is 0 Å². The topological polar surface area (TPSA) is 78.0 Å². The molecule has 112 valence electrons. The van der Waals surface area contributed by atoms with Crippen LogP contribution in [-0.4, -0.2) is 33.9 Å². The van der Waals surface area contributed by atoms with Gasteiger partial charge in [-0.25, -0.2) is 0 Å². The Bertz CT molecular complexity index is 602. The van der Waals surface area contributed by atoms with Gasteiger partial charge in [0.15, 0.2) is 0 Å². The summed E-state index contributed by atoms with van der Waals surface area (Å²) in [5.74, 6) is -0.157. The van der Waals surface area contributed by atoms with E-state index in [0.29, 0.717) is 5.69 Å². The fraction of sp³-hybridized carbons (Fsp3) is 0.375. The maximum absolute atomic E-state index is 12.0. The van der Waals surface area contributed by atoms with Gasteiger partial charge in [0.2, 0.25) is 0 Å². The molecule has 0 saturated heterocycles. The molecule has 0 aliphatic heterocycles. The van der Waals surface area contributed by atoms with Gasteiger partial charge in [-0.3, -0.25) is 9.89 Å². The molecule has 3 N–H and O–H groups in total. The van der Waals surface area contributed by atoms with Crippen LogP contribution in [0.3, 0.4) is 0 Å². The standard InChI is InChI=1S/C16H21N3O2/c1-10(2)15(20)9-17-16(21)14-8-13(18-19-14)12-6-4-11(3)5-7-12/h4-8,10,15,20H,9H2,1-3H3,(H,17,21)(H,18,19). The van der Waals surface area contributed by atoms with Crippen LogP contribution in [0.15, 0.2) is 30.3 Å². The molecule has 1 aromatic heterocycles. The molecule has 0 aliphatic carbocycles. The minimum atomic E-state index is -0.548. The third-order valence-corrected chi connectivity index (χ3v) is 3.41. The summed E-state index contributed by atoms with van der Waals surface area (Å²) in [4.78, 5) is 12.0. The van der Waals surface area contributed by atoms with Gasteiger partial charge < -0.3 is 10.4 Å². The Morgan fingerprint density at radius 3 is 2.62 bits per heavy atom. The molecule has 0 radical (unpaired) electrons. The predicted octanol–water partition coefficient (Wildman–Crippen LogP) is 2.13. The van der Waals surface area contributed by atoms with E-state index in [2.05, 4.69) is 15.5 Å². The number of carbonyl (C=O) groups is 1. The van der Waals surface area contributed by atoms with Gasteiger partial charge in [-0.1, -0.05) is 43.7 Å². The van der Waals surface area contributed by atoms with Crippen molar-refractivity contribution in [1.29, 1.82) is 0 Å². The lowest BCUT2D eigenvalue weighted by atomic mass is 10.1. The summed E-state index contributed by atoms with van der Waals surface area (Å²) >= 11 is 0. The first-order valence-corrected chi connectivity index (χ1v) is 7.06. The van der Waals surface area contributed by atoms with E-state index in [1.807, 2.05) is 45.0 Å². The Labute approximate surface area is 124 Å². The summed E-state index contributed by atoms with van der Waals surface area (Å²) in [6.07, 6.45) is -0.548. The number of aryl methyl sites for hydroxylation is 1. The van der Waals surface area contributed by atoms with Crippen molar-refractivity contribution < 1.29 is 9.90 Å². The zero-order chi connectivity index (χ0) is 15.4. The van der Waals surface area contributed by atoms with Gasteiger partial charge in [0.25, 0.3) is 5.91 Å². The van der Waals surface area contributed by atoms with Crippen molar-refractivity contribution >= 4 is 5.91 Å². The number of aromatic amines is 1. The molecule has 0 fully saturated rings. The van der Waals surface area contributed by atoms with Crippen molar-refractivity contribution in [3.63, 3.8) is 0 Å². The highest BCUT2D eigenvalue weighted by Gasteiger charge is 2.14. The van der Waals surface area contributed by atoms with Gasteiger partial charge in [0.05, 0.1) is 11.8 Å². The SMILES string of the molecule is Cc1ccc(-c2cc(C(=O)NCC(O)C(C)C)[nH]n2)cc1. The number of carbonyl (C=O) groups excluding carboxylic acids is 1. The van der Waals surface area contributed by atoms with Crippen LogP contribution >= 0.6 is 0 Å². The second-order valence-electron chi connectivity index (χ2n) is 5.55. The molecule has 2 aromatic rings. The number of nitrogens with one attached hydrogen (secondary N) is 2. The van der Waals surface area contributed by atoms with Crippen LogP contribution in [0.1, 0.15) is 29.9 Å². The first kappa shape index (κ1) is 15.3. The van der Waals surface area contributed by atoms with E-state index >= 15 is 0 Å². The third-order valence-electron chi connectivity index (χ3n) is 3.41. The number of aliphatic hydroxyl groups is 1. The maximum Gasteiger partial charge on any atom is 0.269 e. The molecule has 1 heterocycles. The Balaban J connectivity index is 2.02. The highest BCUT2D eigenvalue weighted by Crippen LogP contribution is 2.18. The van der Waals surface area contributed by atoms with Crippen LogP contribution in [0.25, 0.3) is 11.3 Å². The molecule has 5 nitrogen and oxygen atoms in total. The zero-order valence-corrected chi connectivity index (χ0v) is 12.6. The second-order valence-corrected chi connectivity index (χ2v) is 5.55. The fourth-order valence-electron chi connectivity index (χ4n) is 1.84. The molecule has 5 heteroatoms. The Hall–Kier alpha value is -2.14. The molecule has 0 aliphatic rings. The van der Waals surface area contributed by atoms with Gasteiger partial charge in [-0.15, -0.1) is 0 Å². The van der Waals surface area contributed by atoms with Crippen molar-refractivity contribution in [1.82, 2.24) is 15.5 Å². The number of hydrogen-bond acceptors (Lipinski definition) is 3. The van der Waals surface area contributed by atoms with E-state index < -0.39 is 6.10 Å². The average molecular weight is 287 g/mol. The van der Waals surface area contributed by atoms with Gasteiger partial charge >= 0.3 is 0 Å². The largest absolute Gasteiger partial charge is 0.391 e. The average Bonchev–Trinajstić information content (AvgIpc) is 2.94. The summed E-state index contributed by atoms with van der Waals surface area (Å²) in [6, 6.07) is 9.65. The number of aliphatic hydroxyl groups excluding tert-OH is 1. The Morgan fingerprint density at radius 2 is 2.00 bits per heavy atom. The number of rotatable bonds is 5. The Morgan fingerprint density at radius 1 is 1.33 bits per heavy atom. The van der Waals surface area contributed by atoms with Crippen molar-refractivity contribution in [2.75, 3.05) is 6.54 Å². The van der Waals surface area contributed by atoms with E-state index in [9.17, 15) is 9.90 Å². The molecule has 2 rings (SSSR count). The molecule has 0 bridgehead atoms. The first-order valence-electron chi connectivity index (χ1n) is 7.06. The zero-order valence-electron chi connectivity index (χ0n) is 12.6. The molecule has 0 spiro atoms. The van der Waals surface area contributed by atoms with Crippen LogP contribution in [0, 0.1) is 12.8 Å². The van der Waals surface area contributed by atoms with E-state index in [1.165, 1.54) is 5.56 Å². The second kappa shape index (κ2) is 6.54. The van der Waals surface area contributed by atoms with Gasteiger partial charge in [-0.2, -0.15) is 5.10 Å². The number of nitrogens with zero attached hydrogens (tertiary/aromatic N) is 1. The van der Waals surface area contributed by atoms with Crippen molar-refractivity contribution in [2.45, 2.75) is 26.9 Å². The van der Waals surface area contributed by atoms with Crippen molar-refractivity contribution in [3.05, 3.63) is 41.6 Å². The van der Waals surface area contributed by atoms with Crippen molar-refractivity contribution in [2.24, 2.45) is 5.92 Å². The van der Waals surface area contributed by atoms with Crippen LogP contribution in [0.4, 0.5) is 0 Å². The summed E-state index contributed by atoms with van der Waals surface area (Å²) in [6.45, 7) is 6.06. The van der Waals surface area contributed by atoms with Gasteiger partial charge in [0.1, 0.15) is 5.69 Å². The van der Waals surface area contributed by atoms with E-state index in [1.54, 1.807) is 6.07 Å². The molecule has 1 atom stereocenters. The number of H-pyrrole nitrogens is 1. The summed E-state index contributed by atoms with van der Waals surface area (Å²) in [5, 5.41) is 19.3. The number of amides is 1. The van der Waals surface area contributed by atoms with E-state index in [0.717, 1.165) is 11.3 Å². The minimum Gasteiger partial charge on any atom is -0.391 e. The highest BCUT2D eigenvalue weighted by molar-refractivity contribution is 5.93. The third kappa shape index (κ3) is 3.92. The lowest BCUT2D eigenvalue weighted by molar-refractivity contribution is 0.0867. The summed E-state index contributed by atoms with van der Waals surface area (Å²) in [7, 11) is 0. The predicted molar refractivity (Wildman–Crippen MR) is 81.9 cm³/mol. The van der Waals surface area contributed by atoms with Gasteiger partial charge in [0, 0.05) is 12.1 Å². The first-order chi connectivity index (χ1) is 9.97. The molecule has 1 unspecified atom stereocenters. The molecular weight excluding hydrogens is 266 g/mol. The number of hydrogen-bond donors (Lipinski definition) is 3. The lowest BCUT2D eigenvalue weighted by Gasteiger charge is -2.14. The number of benzene rings is 1. The molecule has 0 saturated carbocycles. The molecular formula is C16H21N3O2. The molecule has 1 aromatic carbocycles.